The Kier molecular flexibility index (Phi) is 5.73. The van der Waals surface area contributed by atoms with Gasteiger partial charge < -0.3 is 10.4 Å². The average molecular weight is 243 g/mol. The quantitative estimate of drug-likeness (QED) is 0.766. The lowest BCUT2D eigenvalue weighted by Gasteiger charge is -2.21. The molecule has 0 spiro atoms. The van der Waals surface area contributed by atoms with Gasteiger partial charge in [-0.15, -0.1) is 11.3 Å². The molecule has 1 atom stereocenters. The van der Waals surface area contributed by atoms with Crippen LogP contribution in [0.3, 0.4) is 0 Å². The summed E-state index contributed by atoms with van der Waals surface area (Å²) in [5, 5.41) is 13.3. The van der Waals surface area contributed by atoms with Gasteiger partial charge in [0.05, 0.1) is 6.61 Å². The van der Waals surface area contributed by atoms with Crippen molar-refractivity contribution in [1.82, 2.24) is 9.88 Å². The van der Waals surface area contributed by atoms with E-state index >= 15 is 0 Å². The first kappa shape index (κ1) is 13.4. The predicted molar refractivity (Wildman–Crippen MR) is 68.9 cm³/mol. The van der Waals surface area contributed by atoms with Crippen molar-refractivity contribution >= 4 is 16.5 Å². The van der Waals surface area contributed by atoms with E-state index in [1.165, 1.54) is 4.88 Å². The largest absolute Gasteiger partial charge is 0.395 e. The first-order chi connectivity index (χ1) is 7.67. The molecule has 1 aromatic heterocycles. The molecule has 2 N–H and O–H groups in total. The molecule has 1 heterocycles. The maximum Gasteiger partial charge on any atom is 0.182 e. The fraction of sp³-hybridized carbons (Fsp3) is 0.727. The normalized spacial score (nSPS) is 13.1. The van der Waals surface area contributed by atoms with Gasteiger partial charge in [-0.25, -0.2) is 4.98 Å². The summed E-state index contributed by atoms with van der Waals surface area (Å²) >= 11 is 1.68. The number of nitrogens with one attached hydrogen (secondary N) is 1. The summed E-state index contributed by atoms with van der Waals surface area (Å²) in [7, 11) is 2.01. The Bertz CT molecular complexity index is 303. The van der Waals surface area contributed by atoms with Crippen LogP contribution in [0.5, 0.6) is 0 Å². The van der Waals surface area contributed by atoms with E-state index in [1.807, 2.05) is 20.2 Å². The SMILES string of the molecule is CCCNc1ncc(CN(C)C(C)CO)s1. The summed E-state index contributed by atoms with van der Waals surface area (Å²) in [4.78, 5) is 7.66. The van der Waals surface area contributed by atoms with Crippen LogP contribution in [0.1, 0.15) is 25.1 Å². The molecule has 0 radical (unpaired) electrons. The van der Waals surface area contributed by atoms with Crippen LogP contribution in [-0.4, -0.2) is 41.2 Å². The van der Waals surface area contributed by atoms with Crippen molar-refractivity contribution in [1.29, 1.82) is 0 Å². The van der Waals surface area contributed by atoms with E-state index in [0.717, 1.165) is 24.6 Å². The first-order valence-corrected chi connectivity index (χ1v) is 6.48. The Morgan fingerprint density at radius 2 is 2.38 bits per heavy atom. The number of likely N-dealkylation sites (N-methyl/N-ethyl adjacent to an activating group) is 1. The van der Waals surface area contributed by atoms with E-state index in [2.05, 4.69) is 22.1 Å². The molecule has 0 aromatic carbocycles. The molecule has 1 unspecified atom stereocenters. The van der Waals surface area contributed by atoms with Gasteiger partial charge in [-0.2, -0.15) is 0 Å². The van der Waals surface area contributed by atoms with Gasteiger partial charge in [0.1, 0.15) is 0 Å². The molecule has 0 saturated heterocycles. The van der Waals surface area contributed by atoms with Crippen LogP contribution in [0, 0.1) is 0 Å². The summed E-state index contributed by atoms with van der Waals surface area (Å²) in [6.45, 7) is 6.15. The zero-order valence-corrected chi connectivity index (χ0v) is 11.0. The Balaban J connectivity index is 2.45. The van der Waals surface area contributed by atoms with Crippen LogP contribution in [0.25, 0.3) is 0 Å². The van der Waals surface area contributed by atoms with Crippen LogP contribution in [0.2, 0.25) is 0 Å². The number of aliphatic hydroxyl groups is 1. The molecule has 0 aliphatic carbocycles. The Labute approximate surface area is 101 Å². The lowest BCUT2D eigenvalue weighted by molar-refractivity contribution is 0.155. The van der Waals surface area contributed by atoms with Crippen LogP contribution >= 0.6 is 11.3 Å². The molecule has 1 aromatic rings. The molecular weight excluding hydrogens is 222 g/mol. The topological polar surface area (TPSA) is 48.4 Å². The number of hydrogen-bond acceptors (Lipinski definition) is 5. The standard InChI is InChI=1S/C11H21N3OS/c1-4-5-12-11-13-6-10(16-11)7-14(3)9(2)8-15/h6,9,15H,4-5,7-8H2,1-3H3,(H,12,13). The Morgan fingerprint density at radius 3 is 3.00 bits per heavy atom. The highest BCUT2D eigenvalue weighted by molar-refractivity contribution is 7.15. The molecule has 0 aliphatic heterocycles. The van der Waals surface area contributed by atoms with Gasteiger partial charge in [0.25, 0.3) is 0 Å². The van der Waals surface area contributed by atoms with E-state index < -0.39 is 0 Å². The third kappa shape index (κ3) is 4.08. The molecule has 5 heteroatoms. The van der Waals surface area contributed by atoms with E-state index in [4.69, 9.17) is 5.11 Å². The molecule has 16 heavy (non-hydrogen) atoms. The monoisotopic (exact) mass is 243 g/mol. The van der Waals surface area contributed by atoms with E-state index in [-0.39, 0.29) is 12.6 Å². The van der Waals surface area contributed by atoms with E-state index in [0.29, 0.717) is 0 Å². The van der Waals surface area contributed by atoms with Crippen LogP contribution in [0.4, 0.5) is 5.13 Å². The van der Waals surface area contributed by atoms with E-state index in [9.17, 15) is 0 Å². The molecule has 0 bridgehead atoms. The van der Waals surface area contributed by atoms with Crippen LogP contribution in [0.15, 0.2) is 6.20 Å². The van der Waals surface area contributed by atoms with Crippen molar-refractivity contribution in [3.8, 4) is 0 Å². The summed E-state index contributed by atoms with van der Waals surface area (Å²) < 4.78 is 0. The van der Waals surface area contributed by atoms with Gasteiger partial charge in [0.15, 0.2) is 5.13 Å². The smallest absolute Gasteiger partial charge is 0.182 e. The van der Waals surface area contributed by atoms with Crippen LogP contribution < -0.4 is 5.32 Å². The summed E-state index contributed by atoms with van der Waals surface area (Å²) in [6.07, 6.45) is 3.01. The Morgan fingerprint density at radius 1 is 1.62 bits per heavy atom. The number of anilines is 1. The zero-order chi connectivity index (χ0) is 12.0. The van der Waals surface area contributed by atoms with Crippen molar-refractivity contribution in [3.63, 3.8) is 0 Å². The van der Waals surface area contributed by atoms with Crippen molar-refractivity contribution < 1.29 is 5.11 Å². The summed E-state index contributed by atoms with van der Waals surface area (Å²) in [5.41, 5.74) is 0. The minimum Gasteiger partial charge on any atom is -0.395 e. The lowest BCUT2D eigenvalue weighted by Crippen LogP contribution is -2.31. The van der Waals surface area contributed by atoms with Crippen LogP contribution in [-0.2, 0) is 6.54 Å². The van der Waals surface area contributed by atoms with Gasteiger partial charge in [-0.3, -0.25) is 4.90 Å². The molecule has 0 amide bonds. The molecule has 92 valence electrons. The molecule has 0 saturated carbocycles. The fourth-order valence-electron chi connectivity index (χ4n) is 1.24. The summed E-state index contributed by atoms with van der Waals surface area (Å²) in [6, 6.07) is 0.189. The number of hydrogen-bond donors (Lipinski definition) is 2. The van der Waals surface area contributed by atoms with Gasteiger partial charge in [-0.05, 0) is 20.4 Å². The molecule has 1 rings (SSSR count). The molecule has 0 aliphatic rings. The number of aliphatic hydroxyl groups excluding tert-OH is 1. The second-order valence-corrected chi connectivity index (χ2v) is 5.12. The highest BCUT2D eigenvalue weighted by Crippen LogP contribution is 2.19. The minimum atomic E-state index is 0.189. The highest BCUT2D eigenvalue weighted by Gasteiger charge is 2.10. The van der Waals surface area contributed by atoms with Crippen molar-refractivity contribution in [3.05, 3.63) is 11.1 Å². The number of aromatic nitrogens is 1. The second-order valence-electron chi connectivity index (χ2n) is 4.01. The van der Waals surface area contributed by atoms with Crippen molar-refractivity contribution in [2.75, 3.05) is 25.5 Å². The zero-order valence-electron chi connectivity index (χ0n) is 10.2. The fourth-order valence-corrected chi connectivity index (χ4v) is 2.14. The van der Waals surface area contributed by atoms with Gasteiger partial charge in [0.2, 0.25) is 0 Å². The van der Waals surface area contributed by atoms with Gasteiger partial charge in [0, 0.05) is 30.2 Å². The minimum absolute atomic E-state index is 0.189. The second kappa shape index (κ2) is 6.83. The average Bonchev–Trinajstić information content (AvgIpc) is 2.72. The number of rotatable bonds is 7. The Hall–Kier alpha value is -0.650. The first-order valence-electron chi connectivity index (χ1n) is 5.67. The molecule has 0 fully saturated rings. The third-order valence-corrected chi connectivity index (χ3v) is 3.44. The molecule has 4 nitrogen and oxygen atoms in total. The predicted octanol–water partition coefficient (Wildman–Crippen LogP) is 1.78. The number of nitrogens with zero attached hydrogens (tertiary/aromatic N) is 2. The van der Waals surface area contributed by atoms with Crippen molar-refractivity contribution in [2.24, 2.45) is 0 Å². The van der Waals surface area contributed by atoms with Gasteiger partial charge in [-0.1, -0.05) is 6.92 Å². The summed E-state index contributed by atoms with van der Waals surface area (Å²) in [5.74, 6) is 0. The highest BCUT2D eigenvalue weighted by atomic mass is 32.1. The number of thiazole rings is 1. The van der Waals surface area contributed by atoms with E-state index in [1.54, 1.807) is 11.3 Å². The molecular formula is C11H21N3OS. The third-order valence-electron chi connectivity index (χ3n) is 2.50. The maximum absolute atomic E-state index is 9.04. The van der Waals surface area contributed by atoms with Gasteiger partial charge >= 0.3 is 0 Å². The maximum atomic E-state index is 9.04. The lowest BCUT2D eigenvalue weighted by atomic mass is 10.3. The van der Waals surface area contributed by atoms with Crippen molar-refractivity contribution in [2.45, 2.75) is 32.9 Å².